The Hall–Kier alpha value is -3.65. The van der Waals surface area contributed by atoms with E-state index in [1.165, 1.54) is 16.5 Å². The number of rotatable bonds is 7. The van der Waals surface area contributed by atoms with E-state index in [1.54, 1.807) is 37.4 Å². The molecule has 0 bridgehead atoms. The van der Waals surface area contributed by atoms with E-state index in [2.05, 4.69) is 40.6 Å². The topological polar surface area (TPSA) is 115 Å². The zero-order chi connectivity index (χ0) is 24.7. The van der Waals surface area contributed by atoms with Crippen molar-refractivity contribution >= 4 is 28.7 Å². The summed E-state index contributed by atoms with van der Waals surface area (Å²) in [5.41, 5.74) is 4.97. The van der Waals surface area contributed by atoms with Crippen LogP contribution in [0, 0.1) is 0 Å². The fraction of sp³-hybridized carbons (Fsp3) is 0.346. The van der Waals surface area contributed by atoms with Gasteiger partial charge in [-0.15, -0.1) is 0 Å². The van der Waals surface area contributed by atoms with Crippen LogP contribution in [-0.4, -0.2) is 65.5 Å². The maximum absolute atomic E-state index is 12.2. The molecule has 34 heavy (non-hydrogen) atoms. The van der Waals surface area contributed by atoms with Gasteiger partial charge in [-0.3, -0.25) is 14.4 Å². The lowest BCUT2D eigenvalue weighted by Gasteiger charge is -2.33. The molecule has 3 aromatic rings. The molecule has 0 saturated carbocycles. The molecule has 0 aliphatic heterocycles. The first-order chi connectivity index (χ1) is 16.4. The van der Waals surface area contributed by atoms with Crippen molar-refractivity contribution in [2.45, 2.75) is 32.7 Å². The van der Waals surface area contributed by atoms with Crippen molar-refractivity contribution < 1.29 is 19.5 Å². The summed E-state index contributed by atoms with van der Waals surface area (Å²) in [7, 11) is 1.70. The number of nitrogens with one attached hydrogen (secondary N) is 3. The number of H-pyrrole nitrogens is 1. The Balaban J connectivity index is 0.000000215. The summed E-state index contributed by atoms with van der Waals surface area (Å²) < 4.78 is 0. The van der Waals surface area contributed by atoms with Crippen LogP contribution in [-0.2, 0) is 17.6 Å². The first-order valence-electron chi connectivity index (χ1n) is 11.5. The van der Waals surface area contributed by atoms with Crippen molar-refractivity contribution in [1.29, 1.82) is 0 Å². The third-order valence-corrected chi connectivity index (χ3v) is 6.17. The fourth-order valence-corrected chi connectivity index (χ4v) is 4.50. The first-order valence-corrected chi connectivity index (χ1v) is 11.5. The highest BCUT2D eigenvalue weighted by atomic mass is 16.4. The van der Waals surface area contributed by atoms with Gasteiger partial charge in [-0.1, -0.05) is 32.0 Å². The van der Waals surface area contributed by atoms with Gasteiger partial charge < -0.3 is 25.6 Å². The van der Waals surface area contributed by atoms with Crippen molar-refractivity contribution in [2.24, 2.45) is 0 Å². The van der Waals surface area contributed by atoms with E-state index in [0.717, 1.165) is 37.0 Å². The van der Waals surface area contributed by atoms with Crippen LogP contribution in [0.2, 0.25) is 0 Å². The molecule has 1 heterocycles. The van der Waals surface area contributed by atoms with Gasteiger partial charge in [0.25, 0.3) is 11.8 Å². The summed E-state index contributed by atoms with van der Waals surface area (Å²) in [6.45, 7) is 6.15. The number of likely N-dealkylation sites (N-methyl/N-ethyl adjacent to an activating group) is 1. The standard InChI is InChI=1S/C17H23N3O.C9H9NO3/c1-4-20(5-2)12-8-11-10-19-15-7-6-13(17(21)18-3)14(9-12)16(11)15;11-8(12)6-10-9(13)7-4-2-1-3-5-7/h6-7,10,12,19H,4-5,8-9H2,1-3H3,(H,18,21);1-5H,6H2,(H,10,13)(H,11,12). The summed E-state index contributed by atoms with van der Waals surface area (Å²) in [4.78, 5) is 39.3. The van der Waals surface area contributed by atoms with E-state index in [0.29, 0.717) is 11.6 Å². The minimum absolute atomic E-state index is 0.0132. The molecule has 4 N–H and O–H groups in total. The number of benzene rings is 2. The van der Waals surface area contributed by atoms with Crippen LogP contribution < -0.4 is 10.6 Å². The molecule has 2 aromatic carbocycles. The zero-order valence-electron chi connectivity index (χ0n) is 19.9. The van der Waals surface area contributed by atoms with Crippen molar-refractivity contribution in [3.05, 3.63) is 70.9 Å². The molecule has 8 heteroatoms. The SMILES string of the molecule is CCN(CC)C1Cc2c[nH]c3ccc(C(=O)NC)c(c23)C1.O=C(O)CNC(=O)c1ccccc1. The number of carbonyl (C=O) groups excluding carboxylic acids is 2. The maximum Gasteiger partial charge on any atom is 0.322 e. The lowest BCUT2D eigenvalue weighted by atomic mass is 9.85. The smallest absolute Gasteiger partial charge is 0.322 e. The van der Waals surface area contributed by atoms with Crippen molar-refractivity contribution in [3.8, 4) is 0 Å². The first kappa shape index (κ1) is 25.0. The van der Waals surface area contributed by atoms with Gasteiger partial charge >= 0.3 is 5.97 Å². The predicted octanol–water partition coefficient (Wildman–Crippen LogP) is 2.84. The number of hydrogen-bond donors (Lipinski definition) is 4. The second-order valence-electron chi connectivity index (χ2n) is 8.13. The average molecular weight is 465 g/mol. The highest BCUT2D eigenvalue weighted by molar-refractivity contribution is 6.02. The Morgan fingerprint density at radius 3 is 2.35 bits per heavy atom. The molecule has 0 fully saturated rings. The van der Waals surface area contributed by atoms with Gasteiger partial charge in [-0.05, 0) is 61.3 Å². The Kier molecular flexibility index (Phi) is 8.43. The number of nitrogens with zero attached hydrogens (tertiary/aromatic N) is 1. The normalized spacial score (nSPS) is 14.3. The quantitative estimate of drug-likeness (QED) is 0.429. The molecule has 1 unspecified atom stereocenters. The van der Waals surface area contributed by atoms with E-state index >= 15 is 0 Å². The minimum Gasteiger partial charge on any atom is -0.480 e. The highest BCUT2D eigenvalue weighted by Crippen LogP contribution is 2.33. The summed E-state index contributed by atoms with van der Waals surface area (Å²) >= 11 is 0. The summed E-state index contributed by atoms with van der Waals surface area (Å²) in [5.74, 6) is -1.41. The number of aromatic nitrogens is 1. The van der Waals surface area contributed by atoms with Gasteiger partial charge in [0.05, 0.1) is 0 Å². The largest absolute Gasteiger partial charge is 0.480 e. The molecule has 0 radical (unpaired) electrons. The molecule has 180 valence electrons. The van der Waals surface area contributed by atoms with E-state index in [4.69, 9.17) is 5.11 Å². The Bertz CT molecular complexity index is 1150. The molecule has 8 nitrogen and oxygen atoms in total. The van der Waals surface area contributed by atoms with Crippen molar-refractivity contribution in [1.82, 2.24) is 20.5 Å². The third-order valence-electron chi connectivity index (χ3n) is 6.17. The van der Waals surface area contributed by atoms with E-state index in [-0.39, 0.29) is 18.4 Å². The van der Waals surface area contributed by atoms with Crippen molar-refractivity contribution in [3.63, 3.8) is 0 Å². The second kappa shape index (κ2) is 11.5. The number of aliphatic carboxylic acids is 1. The average Bonchev–Trinajstić information content (AvgIpc) is 3.28. The molecule has 0 spiro atoms. The Morgan fingerprint density at radius 2 is 1.74 bits per heavy atom. The minimum atomic E-state index is -1.05. The summed E-state index contributed by atoms with van der Waals surface area (Å²) in [5, 5.41) is 14.6. The van der Waals surface area contributed by atoms with Crippen LogP contribution in [0.25, 0.3) is 10.9 Å². The van der Waals surface area contributed by atoms with Crippen LogP contribution in [0.4, 0.5) is 0 Å². The van der Waals surface area contributed by atoms with Crippen LogP contribution in [0.3, 0.4) is 0 Å². The summed E-state index contributed by atoms with van der Waals surface area (Å²) in [6.07, 6.45) is 4.12. The molecule has 1 atom stereocenters. The van der Waals surface area contributed by atoms with Gasteiger partial charge in [-0.25, -0.2) is 0 Å². The molecule has 1 aliphatic rings. The van der Waals surface area contributed by atoms with Crippen LogP contribution in [0.5, 0.6) is 0 Å². The maximum atomic E-state index is 12.2. The molecule has 2 amide bonds. The Morgan fingerprint density at radius 1 is 1.03 bits per heavy atom. The molecule has 1 aliphatic carbocycles. The number of carbonyl (C=O) groups is 3. The predicted molar refractivity (Wildman–Crippen MR) is 132 cm³/mol. The number of carboxylic acid groups (broad SMARTS) is 1. The molecule has 4 rings (SSSR count). The second-order valence-corrected chi connectivity index (χ2v) is 8.13. The van der Waals surface area contributed by atoms with Gasteiger partial charge in [0, 0.05) is 41.3 Å². The molecular formula is C26H32N4O4. The van der Waals surface area contributed by atoms with Gasteiger partial charge in [-0.2, -0.15) is 0 Å². The van der Waals surface area contributed by atoms with E-state index in [1.807, 2.05) is 12.1 Å². The Labute approximate surface area is 199 Å². The number of amides is 2. The number of carboxylic acids is 1. The third kappa shape index (κ3) is 5.63. The van der Waals surface area contributed by atoms with Crippen LogP contribution in [0.1, 0.15) is 45.7 Å². The number of aromatic amines is 1. The fourth-order valence-electron chi connectivity index (χ4n) is 4.50. The highest BCUT2D eigenvalue weighted by Gasteiger charge is 2.28. The molecule has 0 saturated heterocycles. The number of hydrogen-bond acceptors (Lipinski definition) is 4. The van der Waals surface area contributed by atoms with Gasteiger partial charge in [0.15, 0.2) is 0 Å². The van der Waals surface area contributed by atoms with Crippen LogP contribution in [0.15, 0.2) is 48.7 Å². The van der Waals surface area contributed by atoms with E-state index in [9.17, 15) is 14.4 Å². The van der Waals surface area contributed by atoms with E-state index < -0.39 is 5.97 Å². The summed E-state index contributed by atoms with van der Waals surface area (Å²) in [6, 6.07) is 12.9. The lowest BCUT2D eigenvalue weighted by Crippen LogP contribution is -2.40. The zero-order valence-corrected chi connectivity index (χ0v) is 19.9. The van der Waals surface area contributed by atoms with Crippen LogP contribution >= 0.6 is 0 Å². The monoisotopic (exact) mass is 464 g/mol. The molecular weight excluding hydrogens is 432 g/mol. The van der Waals surface area contributed by atoms with Crippen molar-refractivity contribution in [2.75, 3.05) is 26.7 Å². The van der Waals surface area contributed by atoms with Gasteiger partial charge in [0.2, 0.25) is 0 Å². The molecule has 1 aromatic heterocycles. The van der Waals surface area contributed by atoms with Gasteiger partial charge in [0.1, 0.15) is 6.54 Å². The lowest BCUT2D eigenvalue weighted by molar-refractivity contribution is -0.135.